The van der Waals surface area contributed by atoms with Gasteiger partial charge in [-0.1, -0.05) is 36.4 Å². The predicted molar refractivity (Wildman–Crippen MR) is 101 cm³/mol. The summed E-state index contributed by atoms with van der Waals surface area (Å²) in [6.07, 6.45) is 0. The van der Waals surface area contributed by atoms with E-state index in [1.807, 2.05) is 30.3 Å². The molecule has 7 heteroatoms. The van der Waals surface area contributed by atoms with Gasteiger partial charge in [0.25, 0.3) is 5.91 Å². The number of ether oxygens (including phenoxy) is 1. The molecule has 2 N–H and O–H groups in total. The van der Waals surface area contributed by atoms with E-state index >= 15 is 0 Å². The molecule has 0 aliphatic rings. The molecule has 0 fully saturated rings. The molecule has 0 atom stereocenters. The molecule has 0 unspecified atom stereocenters. The Hall–Kier alpha value is -3.74. The molecule has 28 heavy (non-hydrogen) atoms. The number of nitrogens with one attached hydrogen (secondary N) is 2. The lowest BCUT2D eigenvalue weighted by Gasteiger charge is -2.12. The minimum atomic E-state index is -0.919. The lowest BCUT2D eigenvalue weighted by Crippen LogP contribution is -2.22. The van der Waals surface area contributed by atoms with E-state index in [0.717, 1.165) is 17.8 Å². The number of amides is 1. The quantitative estimate of drug-likeness (QED) is 0.616. The molecule has 0 aliphatic carbocycles. The number of halogens is 2. The van der Waals surface area contributed by atoms with Crippen molar-refractivity contribution in [1.82, 2.24) is 0 Å². The fourth-order valence-corrected chi connectivity index (χ4v) is 2.45. The summed E-state index contributed by atoms with van der Waals surface area (Å²) < 4.78 is 32.1. The number of carbonyl (C=O) groups excluding carboxylic acids is 2. The molecule has 142 valence electrons. The van der Waals surface area contributed by atoms with Crippen LogP contribution in [0.15, 0.2) is 72.8 Å². The maximum atomic E-state index is 13.6. The second-order valence-corrected chi connectivity index (χ2v) is 5.76. The normalized spacial score (nSPS) is 10.2. The summed E-state index contributed by atoms with van der Waals surface area (Å²) in [6.45, 7) is -0.688. The summed E-state index contributed by atoms with van der Waals surface area (Å²) in [4.78, 5) is 24.2. The second-order valence-electron chi connectivity index (χ2n) is 5.76. The Kier molecular flexibility index (Phi) is 5.96. The van der Waals surface area contributed by atoms with Crippen LogP contribution in [0.1, 0.15) is 10.4 Å². The van der Waals surface area contributed by atoms with Crippen LogP contribution in [0.25, 0.3) is 0 Å². The average molecular weight is 382 g/mol. The van der Waals surface area contributed by atoms with Gasteiger partial charge in [0, 0.05) is 5.69 Å². The Labute approximate surface area is 160 Å². The maximum Gasteiger partial charge on any atom is 0.340 e. The van der Waals surface area contributed by atoms with Gasteiger partial charge in [-0.2, -0.15) is 0 Å². The first kappa shape index (κ1) is 19.0. The lowest BCUT2D eigenvalue weighted by molar-refractivity contribution is -0.119. The van der Waals surface area contributed by atoms with Crippen molar-refractivity contribution in [2.24, 2.45) is 0 Å². The largest absolute Gasteiger partial charge is 0.452 e. The van der Waals surface area contributed by atoms with Gasteiger partial charge < -0.3 is 15.4 Å². The van der Waals surface area contributed by atoms with E-state index < -0.39 is 35.8 Å². The van der Waals surface area contributed by atoms with Crippen LogP contribution in [0.4, 0.5) is 25.8 Å². The fourth-order valence-electron chi connectivity index (χ4n) is 2.45. The van der Waals surface area contributed by atoms with Gasteiger partial charge in [0.05, 0.1) is 11.3 Å². The van der Waals surface area contributed by atoms with Gasteiger partial charge in [-0.25, -0.2) is 13.6 Å². The maximum absolute atomic E-state index is 13.6. The van der Waals surface area contributed by atoms with Crippen LogP contribution in [0, 0.1) is 11.6 Å². The Morgan fingerprint density at radius 3 is 2.18 bits per heavy atom. The number of para-hydroxylation sites is 3. The van der Waals surface area contributed by atoms with Crippen molar-refractivity contribution in [2.45, 2.75) is 0 Å². The van der Waals surface area contributed by atoms with Crippen LogP contribution < -0.4 is 10.6 Å². The Bertz CT molecular complexity index is 974. The van der Waals surface area contributed by atoms with E-state index in [0.29, 0.717) is 5.69 Å². The molecule has 0 radical (unpaired) electrons. The SMILES string of the molecule is O=C(COC(=O)c1ccccc1Nc1ccccc1)Nc1c(F)cccc1F. The summed E-state index contributed by atoms with van der Waals surface area (Å²) >= 11 is 0. The van der Waals surface area contributed by atoms with E-state index in [1.165, 1.54) is 6.07 Å². The summed E-state index contributed by atoms with van der Waals surface area (Å²) in [5.41, 5.74) is 0.903. The zero-order valence-electron chi connectivity index (χ0n) is 14.6. The smallest absolute Gasteiger partial charge is 0.340 e. The van der Waals surface area contributed by atoms with Crippen LogP contribution in [0.5, 0.6) is 0 Å². The molecule has 5 nitrogen and oxygen atoms in total. The predicted octanol–water partition coefficient (Wildman–Crippen LogP) is 4.50. The summed E-state index contributed by atoms with van der Waals surface area (Å²) in [5, 5.41) is 5.15. The van der Waals surface area contributed by atoms with Crippen molar-refractivity contribution in [3.63, 3.8) is 0 Å². The molecule has 3 aromatic carbocycles. The number of carbonyl (C=O) groups is 2. The van der Waals surface area contributed by atoms with Gasteiger partial charge in [0.1, 0.15) is 17.3 Å². The topological polar surface area (TPSA) is 67.4 Å². The van der Waals surface area contributed by atoms with Crippen molar-refractivity contribution in [3.05, 3.63) is 90.0 Å². The van der Waals surface area contributed by atoms with Gasteiger partial charge in [-0.05, 0) is 36.4 Å². The highest BCUT2D eigenvalue weighted by atomic mass is 19.1. The minimum Gasteiger partial charge on any atom is -0.452 e. The van der Waals surface area contributed by atoms with E-state index in [1.54, 1.807) is 24.3 Å². The molecule has 0 spiro atoms. The highest BCUT2D eigenvalue weighted by Gasteiger charge is 2.16. The van der Waals surface area contributed by atoms with Crippen LogP contribution in [0.2, 0.25) is 0 Å². The molecule has 3 rings (SSSR count). The number of anilines is 3. The highest BCUT2D eigenvalue weighted by molar-refractivity contribution is 5.99. The first-order chi connectivity index (χ1) is 13.5. The first-order valence-corrected chi connectivity index (χ1v) is 8.36. The molecular weight excluding hydrogens is 366 g/mol. The molecule has 3 aromatic rings. The molecule has 0 heterocycles. The molecule has 0 aromatic heterocycles. The molecule has 0 aliphatic heterocycles. The third kappa shape index (κ3) is 4.70. The van der Waals surface area contributed by atoms with E-state index in [2.05, 4.69) is 10.6 Å². The van der Waals surface area contributed by atoms with Crippen molar-refractivity contribution < 1.29 is 23.1 Å². The van der Waals surface area contributed by atoms with Crippen LogP contribution >= 0.6 is 0 Å². The standard InChI is InChI=1S/C21H16F2N2O3/c22-16-10-6-11-17(23)20(16)25-19(26)13-28-21(27)15-9-4-5-12-18(15)24-14-7-2-1-3-8-14/h1-12,24H,13H2,(H,25,26). The number of hydrogen-bond acceptors (Lipinski definition) is 4. The highest BCUT2D eigenvalue weighted by Crippen LogP contribution is 2.22. The Morgan fingerprint density at radius 2 is 1.46 bits per heavy atom. The van der Waals surface area contributed by atoms with Crippen molar-refractivity contribution in [3.8, 4) is 0 Å². The van der Waals surface area contributed by atoms with E-state index in [4.69, 9.17) is 4.74 Å². The summed E-state index contributed by atoms with van der Waals surface area (Å²) in [7, 11) is 0. The minimum absolute atomic E-state index is 0.219. The third-order valence-electron chi connectivity index (χ3n) is 3.76. The van der Waals surface area contributed by atoms with Crippen LogP contribution in [-0.4, -0.2) is 18.5 Å². The molecule has 0 saturated carbocycles. The summed E-state index contributed by atoms with van der Waals surface area (Å²) in [6, 6.07) is 19.0. The number of rotatable bonds is 6. The Balaban J connectivity index is 1.64. The second kappa shape index (κ2) is 8.77. The molecule has 0 saturated heterocycles. The average Bonchev–Trinajstić information content (AvgIpc) is 2.70. The van der Waals surface area contributed by atoms with Crippen molar-refractivity contribution >= 4 is 28.9 Å². The fraction of sp³-hybridized carbons (Fsp3) is 0.0476. The molecular formula is C21H16F2N2O3. The number of benzene rings is 3. The van der Waals surface area contributed by atoms with Gasteiger partial charge in [0.2, 0.25) is 0 Å². The monoisotopic (exact) mass is 382 g/mol. The Morgan fingerprint density at radius 1 is 0.821 bits per heavy atom. The van der Waals surface area contributed by atoms with Gasteiger partial charge >= 0.3 is 5.97 Å². The zero-order valence-corrected chi connectivity index (χ0v) is 14.6. The van der Waals surface area contributed by atoms with Crippen molar-refractivity contribution in [1.29, 1.82) is 0 Å². The van der Waals surface area contributed by atoms with Gasteiger partial charge in [-0.15, -0.1) is 0 Å². The van der Waals surface area contributed by atoms with Gasteiger partial charge in [0.15, 0.2) is 6.61 Å². The van der Waals surface area contributed by atoms with Gasteiger partial charge in [-0.3, -0.25) is 4.79 Å². The third-order valence-corrected chi connectivity index (χ3v) is 3.76. The summed E-state index contributed by atoms with van der Waals surface area (Å²) in [5.74, 6) is -3.44. The number of hydrogen-bond donors (Lipinski definition) is 2. The van der Waals surface area contributed by atoms with Crippen LogP contribution in [0.3, 0.4) is 0 Å². The molecule has 1 amide bonds. The van der Waals surface area contributed by atoms with E-state index in [-0.39, 0.29) is 5.56 Å². The van der Waals surface area contributed by atoms with E-state index in [9.17, 15) is 18.4 Å². The van der Waals surface area contributed by atoms with Crippen LogP contribution in [-0.2, 0) is 9.53 Å². The zero-order chi connectivity index (χ0) is 19.9. The number of esters is 1. The molecule has 0 bridgehead atoms. The first-order valence-electron chi connectivity index (χ1n) is 8.36. The van der Waals surface area contributed by atoms with Crippen molar-refractivity contribution in [2.75, 3.05) is 17.2 Å². The lowest BCUT2D eigenvalue weighted by atomic mass is 10.1.